The predicted octanol–water partition coefficient (Wildman–Crippen LogP) is 1.29. The molecule has 0 heterocycles. The standard InChI is InChI=1S/C16H21N3O4/c17-14(20)10-22-13-8-6-11(7-9-13)15(18)19-23-16(21)12-4-2-1-3-5-12/h6-9,12H,1-5,10H2,(H2,17,20)(H2,18,19). The van der Waals surface area contributed by atoms with Crippen molar-refractivity contribution in [1.29, 1.82) is 0 Å². The van der Waals surface area contributed by atoms with Gasteiger partial charge in [-0.3, -0.25) is 4.79 Å². The minimum atomic E-state index is -0.551. The SMILES string of the molecule is NC(=O)COc1ccc(/C(N)=N/OC(=O)C2CCCCC2)cc1. The molecule has 7 heteroatoms. The molecular weight excluding hydrogens is 298 g/mol. The number of hydrogen-bond donors (Lipinski definition) is 2. The van der Waals surface area contributed by atoms with Crippen molar-refractivity contribution in [2.45, 2.75) is 32.1 Å². The third-order valence-electron chi connectivity index (χ3n) is 3.70. The van der Waals surface area contributed by atoms with Crippen LogP contribution in [0, 0.1) is 5.92 Å². The van der Waals surface area contributed by atoms with Crippen LogP contribution in [-0.2, 0) is 14.4 Å². The van der Waals surface area contributed by atoms with Crippen LogP contribution in [0.15, 0.2) is 29.4 Å². The van der Waals surface area contributed by atoms with Gasteiger partial charge in [0.25, 0.3) is 5.91 Å². The number of amidine groups is 1. The first kappa shape index (κ1) is 16.8. The van der Waals surface area contributed by atoms with Gasteiger partial charge in [-0.2, -0.15) is 0 Å². The maximum Gasteiger partial charge on any atom is 0.338 e. The lowest BCUT2D eigenvalue weighted by molar-refractivity contribution is -0.149. The van der Waals surface area contributed by atoms with Crippen molar-refractivity contribution in [2.75, 3.05) is 6.61 Å². The summed E-state index contributed by atoms with van der Waals surface area (Å²) in [6.07, 6.45) is 4.96. The van der Waals surface area contributed by atoms with Gasteiger partial charge >= 0.3 is 5.97 Å². The number of oxime groups is 1. The van der Waals surface area contributed by atoms with Crippen LogP contribution in [-0.4, -0.2) is 24.3 Å². The smallest absolute Gasteiger partial charge is 0.338 e. The Balaban J connectivity index is 1.89. The molecule has 2 rings (SSSR count). The lowest BCUT2D eigenvalue weighted by Gasteiger charge is -2.18. The normalized spacial score (nSPS) is 15.9. The Kier molecular flexibility index (Phi) is 5.96. The number of ether oxygens (including phenoxy) is 1. The number of rotatable bonds is 6. The van der Waals surface area contributed by atoms with Crippen LogP contribution in [0.2, 0.25) is 0 Å². The quantitative estimate of drug-likeness (QED) is 0.355. The van der Waals surface area contributed by atoms with Crippen LogP contribution in [0.4, 0.5) is 0 Å². The number of carbonyl (C=O) groups is 2. The van der Waals surface area contributed by atoms with Crippen molar-refractivity contribution in [3.05, 3.63) is 29.8 Å². The lowest BCUT2D eigenvalue weighted by Crippen LogP contribution is -2.21. The summed E-state index contributed by atoms with van der Waals surface area (Å²) in [5, 5.41) is 3.70. The average Bonchev–Trinajstić information content (AvgIpc) is 2.58. The summed E-state index contributed by atoms with van der Waals surface area (Å²) in [7, 11) is 0. The van der Waals surface area contributed by atoms with Gasteiger partial charge in [0.05, 0.1) is 5.92 Å². The van der Waals surface area contributed by atoms with Gasteiger partial charge in [0, 0.05) is 5.56 Å². The number of primary amides is 1. The first-order chi connectivity index (χ1) is 11.1. The van der Waals surface area contributed by atoms with Crippen molar-refractivity contribution >= 4 is 17.7 Å². The topological polar surface area (TPSA) is 117 Å². The monoisotopic (exact) mass is 319 g/mol. The van der Waals surface area contributed by atoms with E-state index in [4.69, 9.17) is 21.0 Å². The van der Waals surface area contributed by atoms with E-state index in [1.807, 2.05) is 0 Å². The highest BCUT2D eigenvalue weighted by molar-refractivity contribution is 5.97. The molecule has 0 saturated heterocycles. The molecule has 1 aliphatic rings. The highest BCUT2D eigenvalue weighted by Crippen LogP contribution is 2.24. The first-order valence-corrected chi connectivity index (χ1v) is 7.62. The van der Waals surface area contributed by atoms with E-state index in [0.29, 0.717) is 11.3 Å². The van der Waals surface area contributed by atoms with E-state index >= 15 is 0 Å². The number of nitrogens with zero attached hydrogens (tertiary/aromatic N) is 1. The van der Waals surface area contributed by atoms with E-state index in [0.717, 1.165) is 25.7 Å². The Morgan fingerprint density at radius 2 is 1.74 bits per heavy atom. The molecule has 0 bridgehead atoms. The second kappa shape index (κ2) is 8.17. The van der Waals surface area contributed by atoms with Gasteiger partial charge in [0.15, 0.2) is 12.4 Å². The van der Waals surface area contributed by atoms with Crippen molar-refractivity contribution in [3.8, 4) is 5.75 Å². The second-order valence-electron chi connectivity index (χ2n) is 5.50. The van der Waals surface area contributed by atoms with Crippen LogP contribution in [0.3, 0.4) is 0 Å². The number of benzene rings is 1. The van der Waals surface area contributed by atoms with Gasteiger partial charge in [0.1, 0.15) is 5.75 Å². The van der Waals surface area contributed by atoms with Crippen LogP contribution < -0.4 is 16.2 Å². The minimum absolute atomic E-state index is 0.0788. The Morgan fingerprint density at radius 3 is 2.35 bits per heavy atom. The van der Waals surface area contributed by atoms with Gasteiger partial charge in [0.2, 0.25) is 0 Å². The van der Waals surface area contributed by atoms with Crippen molar-refractivity contribution in [1.82, 2.24) is 0 Å². The molecule has 0 aromatic heterocycles. The van der Waals surface area contributed by atoms with Crippen LogP contribution >= 0.6 is 0 Å². The molecule has 1 amide bonds. The summed E-state index contributed by atoms with van der Waals surface area (Å²) in [6.45, 7) is -0.193. The molecule has 0 radical (unpaired) electrons. The summed E-state index contributed by atoms with van der Waals surface area (Å²) in [4.78, 5) is 27.5. The predicted molar refractivity (Wildman–Crippen MR) is 84.5 cm³/mol. The second-order valence-corrected chi connectivity index (χ2v) is 5.50. The number of amides is 1. The van der Waals surface area contributed by atoms with Crippen LogP contribution in [0.5, 0.6) is 5.75 Å². The largest absolute Gasteiger partial charge is 0.484 e. The summed E-state index contributed by atoms with van der Waals surface area (Å²) >= 11 is 0. The summed E-state index contributed by atoms with van der Waals surface area (Å²) in [6, 6.07) is 6.57. The molecule has 0 unspecified atom stereocenters. The number of nitrogens with two attached hydrogens (primary N) is 2. The van der Waals surface area contributed by atoms with Gasteiger partial charge in [-0.15, -0.1) is 0 Å². The third-order valence-corrected chi connectivity index (χ3v) is 3.70. The third kappa shape index (κ3) is 5.28. The van der Waals surface area contributed by atoms with E-state index in [1.54, 1.807) is 24.3 Å². The fraction of sp³-hybridized carbons (Fsp3) is 0.438. The molecule has 1 aromatic rings. The van der Waals surface area contributed by atoms with E-state index in [1.165, 1.54) is 6.42 Å². The highest BCUT2D eigenvalue weighted by atomic mass is 16.7. The number of hydrogen-bond acceptors (Lipinski definition) is 5. The van der Waals surface area contributed by atoms with E-state index in [-0.39, 0.29) is 24.3 Å². The van der Waals surface area contributed by atoms with E-state index in [9.17, 15) is 9.59 Å². The zero-order chi connectivity index (χ0) is 16.7. The van der Waals surface area contributed by atoms with Crippen molar-refractivity contribution < 1.29 is 19.2 Å². The summed E-state index contributed by atoms with van der Waals surface area (Å²) in [5.41, 5.74) is 11.4. The Hall–Kier alpha value is -2.57. The molecule has 7 nitrogen and oxygen atoms in total. The molecule has 0 atom stereocenters. The average molecular weight is 319 g/mol. The molecule has 1 fully saturated rings. The van der Waals surface area contributed by atoms with Crippen LogP contribution in [0.25, 0.3) is 0 Å². The molecule has 0 spiro atoms. The maximum absolute atomic E-state index is 11.9. The molecule has 1 aromatic carbocycles. The zero-order valence-electron chi connectivity index (χ0n) is 12.9. The lowest BCUT2D eigenvalue weighted by atomic mass is 9.89. The van der Waals surface area contributed by atoms with Crippen LogP contribution in [0.1, 0.15) is 37.7 Å². The van der Waals surface area contributed by atoms with Gasteiger partial charge in [-0.1, -0.05) is 24.4 Å². The molecule has 1 aliphatic carbocycles. The molecule has 1 saturated carbocycles. The first-order valence-electron chi connectivity index (χ1n) is 7.62. The molecule has 23 heavy (non-hydrogen) atoms. The van der Waals surface area contributed by atoms with Gasteiger partial charge in [-0.25, -0.2) is 4.79 Å². The zero-order valence-corrected chi connectivity index (χ0v) is 12.9. The Morgan fingerprint density at radius 1 is 1.09 bits per heavy atom. The highest BCUT2D eigenvalue weighted by Gasteiger charge is 2.22. The van der Waals surface area contributed by atoms with E-state index < -0.39 is 5.91 Å². The molecule has 124 valence electrons. The van der Waals surface area contributed by atoms with Crippen molar-refractivity contribution in [2.24, 2.45) is 22.5 Å². The fourth-order valence-electron chi connectivity index (χ4n) is 2.44. The summed E-state index contributed by atoms with van der Waals surface area (Å²) in [5.74, 6) is -0.362. The minimum Gasteiger partial charge on any atom is -0.484 e. The fourth-order valence-corrected chi connectivity index (χ4v) is 2.44. The Labute approximate surface area is 134 Å². The molecule has 0 aliphatic heterocycles. The molecule has 4 N–H and O–H groups in total. The maximum atomic E-state index is 11.9. The van der Waals surface area contributed by atoms with Crippen molar-refractivity contribution in [3.63, 3.8) is 0 Å². The Bertz CT molecular complexity index is 577. The summed E-state index contributed by atoms with van der Waals surface area (Å²) < 4.78 is 5.14. The van der Waals surface area contributed by atoms with Gasteiger partial charge < -0.3 is 21.0 Å². The number of carbonyl (C=O) groups excluding carboxylic acids is 2. The van der Waals surface area contributed by atoms with Gasteiger partial charge in [-0.05, 0) is 37.1 Å². The molecular formula is C16H21N3O4. The van der Waals surface area contributed by atoms with E-state index in [2.05, 4.69) is 5.16 Å².